The predicted molar refractivity (Wildman–Crippen MR) is 104 cm³/mol. The second-order valence-corrected chi connectivity index (χ2v) is 5.99. The summed E-state index contributed by atoms with van der Waals surface area (Å²) in [4.78, 5) is 4.42. The molecule has 3 aromatic rings. The van der Waals surface area contributed by atoms with Gasteiger partial charge in [0.2, 0.25) is 5.95 Å². The summed E-state index contributed by atoms with van der Waals surface area (Å²) < 4.78 is 5.43. The van der Waals surface area contributed by atoms with Crippen molar-refractivity contribution in [1.29, 1.82) is 0 Å². The molecule has 0 amide bonds. The van der Waals surface area contributed by atoms with Crippen molar-refractivity contribution in [2.24, 2.45) is 0 Å². The molecule has 0 radical (unpaired) electrons. The quantitative estimate of drug-likeness (QED) is 0.616. The third-order valence-corrected chi connectivity index (χ3v) is 3.82. The van der Waals surface area contributed by atoms with E-state index in [1.165, 1.54) is 0 Å². The number of ether oxygens (including phenoxy) is 1. The molecule has 0 saturated carbocycles. The molecule has 2 N–H and O–H groups in total. The molecular weight excluding hydrogens is 350 g/mol. The lowest BCUT2D eigenvalue weighted by atomic mass is 10.1. The van der Waals surface area contributed by atoms with Gasteiger partial charge < -0.3 is 15.4 Å². The number of nitrogens with one attached hydrogen (secondary N) is 2. The molecule has 26 heavy (non-hydrogen) atoms. The van der Waals surface area contributed by atoms with Crippen LogP contribution in [0.25, 0.3) is 0 Å². The molecule has 0 fully saturated rings. The fraction of sp³-hybridized carbons (Fsp3) is 0.211. The fourth-order valence-corrected chi connectivity index (χ4v) is 2.61. The topological polar surface area (TPSA) is 72.0 Å². The lowest BCUT2D eigenvalue weighted by molar-refractivity contribution is 0.340. The van der Waals surface area contributed by atoms with Crippen molar-refractivity contribution in [3.05, 3.63) is 65.3 Å². The smallest absolute Gasteiger partial charge is 0.244 e. The first-order valence-corrected chi connectivity index (χ1v) is 8.78. The molecule has 1 heterocycles. The van der Waals surface area contributed by atoms with E-state index in [9.17, 15) is 0 Å². The summed E-state index contributed by atoms with van der Waals surface area (Å²) in [5.74, 6) is 1.93. The van der Waals surface area contributed by atoms with Crippen molar-refractivity contribution >= 4 is 29.1 Å². The van der Waals surface area contributed by atoms with Gasteiger partial charge >= 0.3 is 0 Å². The first-order chi connectivity index (χ1) is 12.7. The van der Waals surface area contributed by atoms with Crippen molar-refractivity contribution in [3.8, 4) is 5.75 Å². The van der Waals surface area contributed by atoms with Crippen LogP contribution in [0.3, 0.4) is 0 Å². The summed E-state index contributed by atoms with van der Waals surface area (Å²) in [6.07, 6.45) is 2.40. The van der Waals surface area contributed by atoms with Crippen LogP contribution >= 0.6 is 11.6 Å². The summed E-state index contributed by atoms with van der Waals surface area (Å²) in [6.45, 7) is 3.29. The van der Waals surface area contributed by atoms with Gasteiger partial charge in [-0.05, 0) is 55.3 Å². The first kappa shape index (κ1) is 17.9. The maximum atomic E-state index is 5.99. The maximum Gasteiger partial charge on any atom is 0.244 e. The van der Waals surface area contributed by atoms with E-state index in [-0.39, 0.29) is 0 Å². The van der Waals surface area contributed by atoms with E-state index in [4.69, 9.17) is 16.3 Å². The Morgan fingerprint density at radius 2 is 1.96 bits per heavy atom. The molecule has 134 valence electrons. The van der Waals surface area contributed by atoms with Crippen LogP contribution in [0, 0.1) is 0 Å². The van der Waals surface area contributed by atoms with E-state index in [1.54, 1.807) is 6.20 Å². The van der Waals surface area contributed by atoms with E-state index in [1.807, 2.05) is 55.5 Å². The molecule has 0 atom stereocenters. The Kier molecular flexibility index (Phi) is 6.22. The van der Waals surface area contributed by atoms with Gasteiger partial charge in [-0.3, -0.25) is 0 Å². The van der Waals surface area contributed by atoms with Gasteiger partial charge in [-0.1, -0.05) is 23.7 Å². The Morgan fingerprint density at radius 3 is 2.73 bits per heavy atom. The fourth-order valence-electron chi connectivity index (χ4n) is 2.40. The summed E-state index contributed by atoms with van der Waals surface area (Å²) in [6, 6.07) is 15.5. The molecule has 7 heteroatoms. The maximum absolute atomic E-state index is 5.99. The molecule has 6 nitrogen and oxygen atoms in total. The number of nitrogens with zero attached hydrogens (tertiary/aromatic N) is 3. The second kappa shape index (κ2) is 9.01. The van der Waals surface area contributed by atoms with Gasteiger partial charge in [0.1, 0.15) is 5.75 Å². The lowest BCUT2D eigenvalue weighted by Gasteiger charge is -2.09. The summed E-state index contributed by atoms with van der Waals surface area (Å²) in [7, 11) is 0. The SMILES string of the molecule is CCOc1ccc(Nc2cnnc(NCCc3cccc(Cl)c3)n2)cc1. The average molecular weight is 370 g/mol. The van der Waals surface area contributed by atoms with Crippen molar-refractivity contribution in [1.82, 2.24) is 15.2 Å². The van der Waals surface area contributed by atoms with Crippen molar-refractivity contribution in [2.45, 2.75) is 13.3 Å². The predicted octanol–water partition coefficient (Wildman–Crippen LogP) is 4.32. The van der Waals surface area contributed by atoms with E-state index < -0.39 is 0 Å². The van der Waals surface area contributed by atoms with Crippen molar-refractivity contribution < 1.29 is 4.74 Å². The molecular formula is C19H20ClN5O. The second-order valence-electron chi connectivity index (χ2n) is 5.55. The van der Waals surface area contributed by atoms with Crippen LogP contribution in [0.1, 0.15) is 12.5 Å². The Bertz CT molecular complexity index is 841. The van der Waals surface area contributed by atoms with Gasteiger partial charge in [0.25, 0.3) is 0 Å². The standard InChI is InChI=1S/C19H20ClN5O/c1-2-26-17-8-6-16(7-9-17)23-18-13-22-25-19(24-18)21-11-10-14-4-3-5-15(20)12-14/h3-9,12-13H,2,10-11H2,1H3,(H2,21,23,24,25). The first-order valence-electron chi connectivity index (χ1n) is 8.41. The molecule has 2 aromatic carbocycles. The summed E-state index contributed by atoms with van der Waals surface area (Å²) in [5, 5.41) is 15.1. The highest BCUT2D eigenvalue weighted by molar-refractivity contribution is 6.30. The van der Waals surface area contributed by atoms with Gasteiger partial charge in [0.15, 0.2) is 5.82 Å². The van der Waals surface area contributed by atoms with Gasteiger partial charge in [-0.25, -0.2) is 0 Å². The molecule has 0 unspecified atom stereocenters. The molecule has 0 aliphatic heterocycles. The third-order valence-electron chi connectivity index (χ3n) is 3.58. The molecule has 0 bridgehead atoms. The summed E-state index contributed by atoms with van der Waals surface area (Å²) >= 11 is 5.99. The van der Waals surface area contributed by atoms with E-state index >= 15 is 0 Å². The van der Waals surface area contributed by atoms with Gasteiger partial charge in [0.05, 0.1) is 12.8 Å². The van der Waals surface area contributed by atoms with Gasteiger partial charge in [-0.15, -0.1) is 5.10 Å². The number of aromatic nitrogens is 3. The van der Waals surface area contributed by atoms with Gasteiger partial charge in [-0.2, -0.15) is 10.1 Å². The van der Waals surface area contributed by atoms with Crippen molar-refractivity contribution in [2.75, 3.05) is 23.8 Å². The van der Waals surface area contributed by atoms with E-state index in [0.717, 1.165) is 28.4 Å². The highest BCUT2D eigenvalue weighted by Crippen LogP contribution is 2.19. The zero-order valence-electron chi connectivity index (χ0n) is 14.4. The van der Waals surface area contributed by atoms with Gasteiger partial charge in [0, 0.05) is 17.3 Å². The highest BCUT2D eigenvalue weighted by atomic mass is 35.5. The minimum atomic E-state index is 0.475. The number of hydrogen-bond acceptors (Lipinski definition) is 6. The number of hydrogen-bond donors (Lipinski definition) is 2. The van der Waals surface area contributed by atoms with Crippen LogP contribution in [0.2, 0.25) is 5.02 Å². The normalized spacial score (nSPS) is 10.4. The van der Waals surface area contributed by atoms with Crippen LogP contribution < -0.4 is 15.4 Å². The Hall–Kier alpha value is -2.86. The molecule has 3 rings (SSSR count). The van der Waals surface area contributed by atoms with Crippen LogP contribution in [0.5, 0.6) is 5.75 Å². The Labute approximate surface area is 157 Å². The molecule has 0 aliphatic rings. The third kappa shape index (κ3) is 5.32. The highest BCUT2D eigenvalue weighted by Gasteiger charge is 2.02. The van der Waals surface area contributed by atoms with Crippen LogP contribution in [-0.4, -0.2) is 28.3 Å². The minimum Gasteiger partial charge on any atom is -0.494 e. The lowest BCUT2D eigenvalue weighted by Crippen LogP contribution is -2.09. The Morgan fingerprint density at radius 1 is 1.12 bits per heavy atom. The van der Waals surface area contributed by atoms with E-state index in [2.05, 4.69) is 25.8 Å². The van der Waals surface area contributed by atoms with E-state index in [0.29, 0.717) is 24.9 Å². The average Bonchev–Trinajstić information content (AvgIpc) is 2.64. The molecule has 1 aromatic heterocycles. The zero-order valence-corrected chi connectivity index (χ0v) is 15.2. The summed E-state index contributed by atoms with van der Waals surface area (Å²) in [5.41, 5.74) is 2.06. The number of halogens is 1. The number of anilines is 3. The van der Waals surface area contributed by atoms with Crippen LogP contribution in [0.4, 0.5) is 17.5 Å². The van der Waals surface area contributed by atoms with Crippen LogP contribution in [-0.2, 0) is 6.42 Å². The monoisotopic (exact) mass is 369 g/mol. The van der Waals surface area contributed by atoms with Crippen LogP contribution in [0.15, 0.2) is 54.7 Å². The molecule has 0 aliphatic carbocycles. The molecule has 0 saturated heterocycles. The number of rotatable bonds is 8. The molecule has 0 spiro atoms. The minimum absolute atomic E-state index is 0.475. The largest absolute Gasteiger partial charge is 0.494 e. The number of benzene rings is 2. The Balaban J connectivity index is 1.55. The van der Waals surface area contributed by atoms with Crippen molar-refractivity contribution in [3.63, 3.8) is 0 Å². The zero-order chi connectivity index (χ0) is 18.2.